The molecule has 8 nitrogen and oxygen atoms in total. The number of imidazole rings is 1. The molecule has 1 heterocycles. The largest absolute Gasteiger partial charge is 0.492 e. The number of ketones is 1. The van der Waals surface area contributed by atoms with E-state index in [9.17, 15) is 10.1 Å². The van der Waals surface area contributed by atoms with Gasteiger partial charge < -0.3 is 24.8 Å². The monoisotopic (exact) mass is 577 g/mol. The summed E-state index contributed by atoms with van der Waals surface area (Å²) >= 11 is 0. The molecule has 1 aromatic heterocycles. The molecule has 3 aromatic rings. The number of fused-ring (bicyclic) bond motifs is 1. The van der Waals surface area contributed by atoms with E-state index in [4.69, 9.17) is 19.9 Å². The zero-order chi connectivity index (χ0) is 29.8. The van der Waals surface area contributed by atoms with E-state index in [2.05, 4.69) is 30.2 Å². The molecular weight excluding hydrogens is 534 g/mol. The minimum atomic E-state index is -0.691. The number of ether oxygens (including phenoxy) is 2. The Morgan fingerprint density at radius 2 is 1.95 bits per heavy atom. The standard InChI is InChI=1S/C32H43N5O3S/c1-32(2,3)17-25(34)31(38)24-9-7-8-10-26(24)35-19-30-36-27-16-29(40-20-22-11-12-22)23(18-33)15-28(27)37(30)21-39-13-14-41(4,5)6/h7-10,15-16,22,34-35H,11-14,17,19-21H2,1-6H3. The van der Waals surface area contributed by atoms with Crippen LogP contribution in [-0.4, -0.2) is 58.8 Å². The zero-order valence-corrected chi connectivity index (χ0v) is 26.0. The number of hydrogen-bond acceptors (Lipinski definition) is 7. The van der Waals surface area contributed by atoms with Crippen molar-refractivity contribution in [2.45, 2.75) is 53.3 Å². The number of aromatic nitrogens is 2. The molecule has 41 heavy (non-hydrogen) atoms. The summed E-state index contributed by atoms with van der Waals surface area (Å²) in [6.07, 6.45) is 9.53. The SMILES string of the molecule is CC(C)(C)CC(=N)C(=O)c1ccccc1NCc1nc2cc(OCC3CC3)c(C#N)cc2n1COCCS(C)(C)C. The molecule has 4 rings (SSSR count). The Bertz CT molecular complexity index is 1450. The molecule has 0 radical (unpaired) electrons. The molecule has 1 fully saturated rings. The average molecular weight is 578 g/mol. The van der Waals surface area contributed by atoms with Crippen molar-refractivity contribution in [3.63, 3.8) is 0 Å². The van der Waals surface area contributed by atoms with E-state index in [0.29, 0.717) is 61.4 Å². The Morgan fingerprint density at radius 3 is 2.61 bits per heavy atom. The van der Waals surface area contributed by atoms with Crippen LogP contribution in [0, 0.1) is 28.1 Å². The molecule has 2 aromatic carbocycles. The van der Waals surface area contributed by atoms with Crippen LogP contribution in [0.2, 0.25) is 0 Å². The maximum Gasteiger partial charge on any atom is 0.208 e. The first kappa shape index (κ1) is 30.6. The number of nitrogens with zero attached hydrogens (tertiary/aromatic N) is 3. The fourth-order valence-electron chi connectivity index (χ4n) is 4.43. The summed E-state index contributed by atoms with van der Waals surface area (Å²) in [4.78, 5) is 18.1. The van der Waals surface area contributed by atoms with Gasteiger partial charge in [0.25, 0.3) is 0 Å². The van der Waals surface area contributed by atoms with E-state index in [1.165, 1.54) is 12.8 Å². The Kier molecular flexibility index (Phi) is 9.45. The van der Waals surface area contributed by atoms with Crippen LogP contribution in [0.25, 0.3) is 11.0 Å². The molecule has 2 N–H and O–H groups in total. The number of nitrogens with one attached hydrogen (secondary N) is 2. The fourth-order valence-corrected chi connectivity index (χ4v) is 5.05. The molecule has 0 atom stereocenters. The van der Waals surface area contributed by atoms with Crippen molar-refractivity contribution in [1.82, 2.24) is 9.55 Å². The molecule has 0 spiro atoms. The van der Waals surface area contributed by atoms with Gasteiger partial charge in [-0.1, -0.05) is 32.9 Å². The maximum absolute atomic E-state index is 13.2. The van der Waals surface area contributed by atoms with E-state index in [1.807, 2.05) is 55.7 Å². The van der Waals surface area contributed by atoms with Gasteiger partial charge in [-0.2, -0.15) is 5.26 Å². The van der Waals surface area contributed by atoms with Gasteiger partial charge in [-0.05, 0) is 67.6 Å². The number of nitriles is 1. The lowest BCUT2D eigenvalue weighted by Gasteiger charge is -2.24. The van der Waals surface area contributed by atoms with Gasteiger partial charge in [-0.3, -0.25) is 4.79 Å². The van der Waals surface area contributed by atoms with Crippen molar-refractivity contribution in [2.75, 3.05) is 43.1 Å². The molecule has 1 saturated carbocycles. The van der Waals surface area contributed by atoms with Crippen LogP contribution in [0.3, 0.4) is 0 Å². The van der Waals surface area contributed by atoms with E-state index >= 15 is 0 Å². The van der Waals surface area contributed by atoms with Crippen LogP contribution in [-0.2, 0) is 18.0 Å². The summed E-state index contributed by atoms with van der Waals surface area (Å²) < 4.78 is 14.1. The predicted molar refractivity (Wildman–Crippen MR) is 169 cm³/mol. The lowest BCUT2D eigenvalue weighted by molar-refractivity contribution is 0.0905. The van der Waals surface area contributed by atoms with Gasteiger partial charge in [0.05, 0.1) is 42.1 Å². The van der Waals surface area contributed by atoms with Crippen LogP contribution >= 0.6 is 10.0 Å². The number of carbonyl (C=O) groups is 1. The molecule has 0 aliphatic heterocycles. The summed E-state index contributed by atoms with van der Waals surface area (Å²) in [5, 5.41) is 21.6. The van der Waals surface area contributed by atoms with Crippen LogP contribution in [0.15, 0.2) is 36.4 Å². The molecule has 0 bridgehead atoms. The van der Waals surface area contributed by atoms with Gasteiger partial charge in [0.2, 0.25) is 5.78 Å². The maximum atomic E-state index is 13.2. The second kappa shape index (κ2) is 12.7. The molecular formula is C32H43N5O3S. The first-order chi connectivity index (χ1) is 19.3. The number of rotatable bonds is 14. The Morgan fingerprint density at radius 1 is 1.22 bits per heavy atom. The highest BCUT2D eigenvalue weighted by Gasteiger charge is 2.24. The van der Waals surface area contributed by atoms with Crippen molar-refractivity contribution in [3.8, 4) is 11.8 Å². The van der Waals surface area contributed by atoms with Crippen LogP contribution in [0.4, 0.5) is 5.69 Å². The van der Waals surface area contributed by atoms with Crippen molar-refractivity contribution in [2.24, 2.45) is 11.3 Å². The number of hydrogen-bond donors (Lipinski definition) is 2. The second-order valence-corrected chi connectivity index (χ2v) is 17.5. The van der Waals surface area contributed by atoms with Gasteiger partial charge in [-0.15, -0.1) is 0 Å². The van der Waals surface area contributed by atoms with Crippen LogP contribution in [0.5, 0.6) is 5.75 Å². The number of anilines is 1. The molecule has 0 amide bonds. The molecule has 0 unspecified atom stereocenters. The van der Waals surface area contributed by atoms with Crippen molar-refractivity contribution < 1.29 is 14.3 Å². The summed E-state index contributed by atoms with van der Waals surface area (Å²) in [5.74, 6) is 2.56. The lowest BCUT2D eigenvalue weighted by atomic mass is 9.87. The molecule has 0 saturated heterocycles. The highest BCUT2D eigenvalue weighted by molar-refractivity contribution is 8.32. The number of Topliss-reactive ketones (excluding diaryl/α,β-unsaturated/α-hetero) is 1. The highest BCUT2D eigenvalue weighted by atomic mass is 32.3. The van der Waals surface area contributed by atoms with Gasteiger partial charge in [0.15, 0.2) is 0 Å². The number of benzene rings is 2. The summed E-state index contributed by atoms with van der Waals surface area (Å²) in [7, 11) is -0.691. The van der Waals surface area contributed by atoms with E-state index in [0.717, 1.165) is 22.6 Å². The van der Waals surface area contributed by atoms with Crippen molar-refractivity contribution >= 4 is 38.2 Å². The third-order valence-corrected chi connectivity index (χ3v) is 8.26. The first-order valence-corrected chi connectivity index (χ1v) is 17.1. The molecule has 1 aliphatic carbocycles. The summed E-state index contributed by atoms with van der Waals surface area (Å²) in [6, 6.07) is 13.3. The lowest BCUT2D eigenvalue weighted by Crippen LogP contribution is -2.21. The van der Waals surface area contributed by atoms with E-state index < -0.39 is 10.0 Å². The third-order valence-electron chi connectivity index (χ3n) is 6.87. The number of para-hydroxylation sites is 1. The van der Waals surface area contributed by atoms with E-state index in [-0.39, 0.29) is 16.9 Å². The second-order valence-electron chi connectivity index (χ2n) is 12.9. The Hall–Kier alpha value is -3.35. The number of carbonyl (C=O) groups excluding carboxylic acids is 1. The van der Waals surface area contributed by atoms with Crippen LogP contribution < -0.4 is 10.1 Å². The minimum absolute atomic E-state index is 0.0936. The van der Waals surface area contributed by atoms with Crippen molar-refractivity contribution in [1.29, 1.82) is 10.7 Å². The predicted octanol–water partition coefficient (Wildman–Crippen LogP) is 6.62. The van der Waals surface area contributed by atoms with E-state index in [1.54, 1.807) is 6.07 Å². The van der Waals surface area contributed by atoms with Crippen molar-refractivity contribution in [3.05, 3.63) is 53.3 Å². The summed E-state index contributed by atoms with van der Waals surface area (Å²) in [5.41, 5.74) is 3.07. The zero-order valence-electron chi connectivity index (χ0n) is 25.2. The van der Waals surface area contributed by atoms with Gasteiger partial charge in [0.1, 0.15) is 24.4 Å². The van der Waals surface area contributed by atoms with Crippen LogP contribution in [0.1, 0.15) is 61.8 Å². The topological polar surface area (TPSA) is 113 Å². The third kappa shape index (κ3) is 8.57. The fraction of sp³-hybridized carbons (Fsp3) is 0.500. The highest BCUT2D eigenvalue weighted by Crippen LogP contribution is 2.34. The minimum Gasteiger partial charge on any atom is -0.492 e. The normalized spacial score (nSPS) is 14.1. The smallest absolute Gasteiger partial charge is 0.208 e. The quantitative estimate of drug-likeness (QED) is 0.127. The first-order valence-electron chi connectivity index (χ1n) is 14.1. The van der Waals surface area contributed by atoms with Gasteiger partial charge in [-0.25, -0.2) is 15.0 Å². The molecule has 1 aliphatic rings. The Balaban J connectivity index is 1.61. The van der Waals surface area contributed by atoms with Gasteiger partial charge in [0, 0.05) is 23.1 Å². The summed E-state index contributed by atoms with van der Waals surface area (Å²) in [6.45, 7) is 7.94. The Labute approximate surface area is 245 Å². The average Bonchev–Trinajstić information content (AvgIpc) is 3.67. The molecule has 9 heteroatoms. The van der Waals surface area contributed by atoms with Gasteiger partial charge >= 0.3 is 0 Å². The molecule has 220 valence electrons.